The number of rotatable bonds is 3. The van der Waals surface area contributed by atoms with Crippen LogP contribution >= 0.6 is 0 Å². The van der Waals surface area contributed by atoms with Crippen LogP contribution in [0, 0.1) is 0 Å². The predicted molar refractivity (Wildman–Crippen MR) is 35.5 cm³/mol. The van der Waals surface area contributed by atoms with E-state index in [-0.39, 0.29) is 12.5 Å². The number of carboxylic acids is 1. The molecule has 0 atom stereocenters. The summed E-state index contributed by atoms with van der Waals surface area (Å²) in [7, 11) is 0. The van der Waals surface area contributed by atoms with Crippen molar-refractivity contribution in [1.29, 1.82) is 0 Å². The second kappa shape index (κ2) is 4.55. The van der Waals surface area contributed by atoms with Gasteiger partial charge in [-0.2, -0.15) is 0 Å². The summed E-state index contributed by atoms with van der Waals surface area (Å²) in [5.41, 5.74) is 0. The fourth-order valence-corrected chi connectivity index (χ4v) is 0.362. The van der Waals surface area contributed by atoms with Gasteiger partial charge in [-0.3, -0.25) is 4.79 Å². The molecule has 0 aliphatic rings. The molecule has 4 nitrogen and oxygen atoms in total. The maximum absolute atomic E-state index is 10.2. The van der Waals surface area contributed by atoms with Crippen LogP contribution in [0.5, 0.6) is 0 Å². The third-order valence-corrected chi connectivity index (χ3v) is 0.729. The molecule has 0 aromatic carbocycles. The van der Waals surface area contributed by atoms with E-state index >= 15 is 0 Å². The monoisotopic (exact) mass is 143 g/mol. The van der Waals surface area contributed by atoms with Crippen LogP contribution in [0.3, 0.4) is 0 Å². The number of carbonyl (C=O) groups is 2. The van der Waals surface area contributed by atoms with Crippen molar-refractivity contribution in [3.8, 4) is 0 Å². The lowest BCUT2D eigenvalue weighted by Gasteiger charge is -1.92. The molecule has 0 rings (SSSR count). The zero-order valence-corrected chi connectivity index (χ0v) is 5.63. The quantitative estimate of drug-likeness (QED) is 0.536. The lowest BCUT2D eigenvalue weighted by atomic mass is 10.5. The van der Waals surface area contributed by atoms with Gasteiger partial charge in [0.05, 0.1) is 0 Å². The van der Waals surface area contributed by atoms with E-state index in [1.165, 1.54) is 13.0 Å². The van der Waals surface area contributed by atoms with E-state index in [4.69, 9.17) is 5.11 Å². The maximum atomic E-state index is 10.2. The van der Waals surface area contributed by atoms with Crippen molar-refractivity contribution in [3.63, 3.8) is 0 Å². The summed E-state index contributed by atoms with van der Waals surface area (Å²) < 4.78 is 0. The number of hydrogen-bond donors (Lipinski definition) is 2. The lowest BCUT2D eigenvalue weighted by Crippen LogP contribution is -2.19. The fraction of sp³-hybridized carbons (Fsp3) is 0.333. The normalized spacial score (nSPS) is 9.70. The number of aliphatic carboxylic acids is 1. The fourth-order valence-electron chi connectivity index (χ4n) is 0.362. The molecule has 0 saturated heterocycles. The van der Waals surface area contributed by atoms with E-state index < -0.39 is 5.97 Å². The molecule has 0 heterocycles. The average molecular weight is 143 g/mol. The molecule has 0 aliphatic carbocycles. The van der Waals surface area contributed by atoms with Crippen molar-refractivity contribution in [1.82, 2.24) is 5.32 Å². The van der Waals surface area contributed by atoms with Gasteiger partial charge >= 0.3 is 5.97 Å². The third kappa shape index (κ3) is 6.68. The van der Waals surface area contributed by atoms with E-state index in [0.29, 0.717) is 0 Å². The van der Waals surface area contributed by atoms with E-state index in [9.17, 15) is 9.59 Å². The van der Waals surface area contributed by atoms with Gasteiger partial charge in [0.1, 0.15) is 0 Å². The maximum Gasteiger partial charge on any atom is 0.328 e. The first-order valence-electron chi connectivity index (χ1n) is 2.77. The van der Waals surface area contributed by atoms with Gasteiger partial charge in [-0.25, -0.2) is 4.79 Å². The first-order valence-corrected chi connectivity index (χ1v) is 2.77. The standard InChI is InChI=1S/C6H9NO3/c1-5(8)7-4-2-3-6(9)10/h2-3H,4H2,1H3,(H,7,8)(H,9,10). The summed E-state index contributed by atoms with van der Waals surface area (Å²) >= 11 is 0. The average Bonchev–Trinajstić information content (AvgIpc) is 1.79. The summed E-state index contributed by atoms with van der Waals surface area (Å²) in [6.45, 7) is 1.64. The zero-order valence-electron chi connectivity index (χ0n) is 5.63. The highest BCUT2D eigenvalue weighted by Crippen LogP contribution is 1.70. The minimum atomic E-state index is -1.01. The van der Waals surface area contributed by atoms with Gasteiger partial charge in [0, 0.05) is 19.5 Å². The third-order valence-electron chi connectivity index (χ3n) is 0.729. The Morgan fingerprint density at radius 1 is 1.60 bits per heavy atom. The molecule has 1 amide bonds. The molecule has 0 fully saturated rings. The summed E-state index contributed by atoms with van der Waals surface area (Å²) in [6.07, 6.45) is 2.35. The van der Waals surface area contributed by atoms with E-state index in [0.717, 1.165) is 6.08 Å². The second-order valence-corrected chi connectivity index (χ2v) is 1.68. The van der Waals surface area contributed by atoms with Gasteiger partial charge in [0.15, 0.2) is 0 Å². The molecule has 56 valence electrons. The Kier molecular flexibility index (Phi) is 3.95. The largest absolute Gasteiger partial charge is 0.478 e. The van der Waals surface area contributed by atoms with Gasteiger partial charge < -0.3 is 10.4 Å². The SMILES string of the molecule is CC(=O)NCC=CC(=O)O. The molecule has 0 aromatic heterocycles. The predicted octanol–water partition coefficient (Wildman–Crippen LogP) is -0.237. The molecular weight excluding hydrogens is 134 g/mol. The first kappa shape index (κ1) is 8.68. The summed E-state index contributed by atoms with van der Waals surface area (Å²) in [6, 6.07) is 0. The highest BCUT2D eigenvalue weighted by molar-refractivity contribution is 5.80. The van der Waals surface area contributed by atoms with Crippen LogP contribution in [0.2, 0.25) is 0 Å². The number of hydrogen-bond acceptors (Lipinski definition) is 2. The van der Waals surface area contributed by atoms with Crippen molar-refractivity contribution in [3.05, 3.63) is 12.2 Å². The van der Waals surface area contributed by atoms with Crippen LogP contribution in [-0.4, -0.2) is 23.5 Å². The minimum Gasteiger partial charge on any atom is -0.478 e. The minimum absolute atomic E-state index is 0.171. The number of carbonyl (C=O) groups excluding carboxylic acids is 1. The Balaban J connectivity index is 3.36. The van der Waals surface area contributed by atoms with Crippen molar-refractivity contribution in [2.75, 3.05) is 6.54 Å². The highest BCUT2D eigenvalue weighted by atomic mass is 16.4. The van der Waals surface area contributed by atoms with Crippen molar-refractivity contribution < 1.29 is 14.7 Å². The number of carboxylic acid groups (broad SMARTS) is 1. The molecular formula is C6H9NO3. The van der Waals surface area contributed by atoms with Crippen molar-refractivity contribution >= 4 is 11.9 Å². The first-order chi connectivity index (χ1) is 4.63. The molecule has 0 radical (unpaired) electrons. The summed E-state index contributed by atoms with van der Waals surface area (Å²) in [5.74, 6) is -1.18. The smallest absolute Gasteiger partial charge is 0.328 e. The van der Waals surface area contributed by atoms with Crippen LogP contribution in [0.1, 0.15) is 6.92 Å². The molecule has 0 aromatic rings. The van der Waals surface area contributed by atoms with Gasteiger partial charge in [0.2, 0.25) is 5.91 Å². The Bertz CT molecular complexity index is 162. The Hall–Kier alpha value is -1.32. The molecule has 0 spiro atoms. The van der Waals surface area contributed by atoms with Gasteiger partial charge in [-0.15, -0.1) is 0 Å². The second-order valence-electron chi connectivity index (χ2n) is 1.68. The molecule has 10 heavy (non-hydrogen) atoms. The molecule has 2 N–H and O–H groups in total. The molecule has 0 bridgehead atoms. The number of nitrogens with one attached hydrogen (secondary N) is 1. The van der Waals surface area contributed by atoms with E-state index in [2.05, 4.69) is 5.32 Å². The molecule has 0 saturated carbocycles. The van der Waals surface area contributed by atoms with Crippen LogP contribution in [0.15, 0.2) is 12.2 Å². The van der Waals surface area contributed by atoms with Gasteiger partial charge in [-0.05, 0) is 0 Å². The Morgan fingerprint density at radius 3 is 2.60 bits per heavy atom. The Labute approximate surface area is 58.5 Å². The van der Waals surface area contributed by atoms with Crippen molar-refractivity contribution in [2.45, 2.75) is 6.92 Å². The topological polar surface area (TPSA) is 66.4 Å². The van der Waals surface area contributed by atoms with Crippen LogP contribution in [0.4, 0.5) is 0 Å². The zero-order chi connectivity index (χ0) is 7.98. The van der Waals surface area contributed by atoms with Crippen LogP contribution in [-0.2, 0) is 9.59 Å². The molecule has 4 heteroatoms. The van der Waals surface area contributed by atoms with Gasteiger partial charge in [0.25, 0.3) is 0 Å². The lowest BCUT2D eigenvalue weighted by molar-refractivity contribution is -0.131. The van der Waals surface area contributed by atoms with E-state index in [1.807, 2.05) is 0 Å². The van der Waals surface area contributed by atoms with E-state index in [1.54, 1.807) is 0 Å². The molecule has 0 unspecified atom stereocenters. The molecule has 0 aliphatic heterocycles. The van der Waals surface area contributed by atoms with Crippen LogP contribution in [0.25, 0.3) is 0 Å². The highest BCUT2D eigenvalue weighted by Gasteiger charge is 1.86. The van der Waals surface area contributed by atoms with Crippen molar-refractivity contribution in [2.24, 2.45) is 0 Å². The Morgan fingerprint density at radius 2 is 2.20 bits per heavy atom. The summed E-state index contributed by atoms with van der Waals surface area (Å²) in [4.78, 5) is 20.0. The van der Waals surface area contributed by atoms with Gasteiger partial charge in [-0.1, -0.05) is 6.08 Å². The number of amides is 1. The van der Waals surface area contributed by atoms with Crippen LogP contribution < -0.4 is 5.32 Å². The summed E-state index contributed by atoms with van der Waals surface area (Å²) in [5, 5.41) is 10.5.